The topological polar surface area (TPSA) is 124 Å². The molecule has 0 aromatic carbocycles. The number of nitrogens with zero attached hydrogens (tertiary/aromatic N) is 3. The van der Waals surface area contributed by atoms with Crippen LogP contribution in [-0.2, 0) is 6.54 Å². The van der Waals surface area contributed by atoms with E-state index >= 15 is 0 Å². The molecule has 0 amide bonds. The van der Waals surface area contributed by atoms with Crippen LogP contribution in [0.4, 0.5) is 0 Å². The average Bonchev–Trinajstić information content (AvgIpc) is 2.73. The molecule has 2 atom stereocenters. The summed E-state index contributed by atoms with van der Waals surface area (Å²) in [7, 11) is 0. The van der Waals surface area contributed by atoms with Crippen molar-refractivity contribution in [1.82, 2.24) is 19.5 Å². The molecule has 0 aliphatic carbocycles. The minimum absolute atomic E-state index is 0.00528. The molecule has 0 fully saturated rings. The zero-order valence-electron chi connectivity index (χ0n) is 8.82. The van der Waals surface area contributed by atoms with E-state index in [-0.39, 0.29) is 17.6 Å². The van der Waals surface area contributed by atoms with Crippen LogP contribution in [0.15, 0.2) is 17.4 Å². The van der Waals surface area contributed by atoms with Crippen LogP contribution in [-0.4, -0.2) is 53.7 Å². The molecule has 2 aromatic heterocycles. The fourth-order valence-electron chi connectivity index (χ4n) is 1.47. The van der Waals surface area contributed by atoms with Crippen molar-refractivity contribution in [2.24, 2.45) is 0 Å². The van der Waals surface area contributed by atoms with Crippen molar-refractivity contribution in [3.8, 4) is 0 Å². The Labute approximate surface area is 95.2 Å². The van der Waals surface area contributed by atoms with E-state index in [1.807, 2.05) is 0 Å². The van der Waals surface area contributed by atoms with Crippen LogP contribution in [0.1, 0.15) is 0 Å². The molecule has 17 heavy (non-hydrogen) atoms. The molecular weight excluding hydrogens is 228 g/mol. The highest BCUT2D eigenvalue weighted by molar-refractivity contribution is 5.68. The molecule has 0 saturated carbocycles. The Balaban J connectivity index is 2.31. The fourth-order valence-corrected chi connectivity index (χ4v) is 1.47. The van der Waals surface area contributed by atoms with E-state index in [1.54, 1.807) is 0 Å². The van der Waals surface area contributed by atoms with Crippen LogP contribution < -0.4 is 5.56 Å². The Bertz CT molecular complexity index is 563. The third kappa shape index (κ3) is 2.18. The second-order valence-electron chi connectivity index (χ2n) is 3.62. The predicted molar refractivity (Wildman–Crippen MR) is 57.2 cm³/mol. The molecule has 92 valence electrons. The summed E-state index contributed by atoms with van der Waals surface area (Å²) in [5, 5.41) is 27.5. The average molecular weight is 240 g/mol. The van der Waals surface area contributed by atoms with Crippen LogP contribution in [0.2, 0.25) is 0 Å². The molecule has 0 bridgehead atoms. The van der Waals surface area contributed by atoms with Crippen LogP contribution in [0, 0.1) is 0 Å². The summed E-state index contributed by atoms with van der Waals surface area (Å²) < 4.78 is 1.44. The predicted octanol–water partition coefficient (Wildman–Crippen LogP) is -2.17. The second kappa shape index (κ2) is 4.62. The third-order valence-electron chi connectivity index (χ3n) is 2.42. The SMILES string of the molecule is O=c1[nH]cnc2c1ncn2C[C@H](O)[C@@H](O)CO. The molecule has 2 heterocycles. The molecule has 4 N–H and O–H groups in total. The molecule has 8 nitrogen and oxygen atoms in total. The Morgan fingerprint density at radius 1 is 1.35 bits per heavy atom. The first-order chi connectivity index (χ1) is 8.13. The van der Waals surface area contributed by atoms with Gasteiger partial charge in [0.1, 0.15) is 12.2 Å². The van der Waals surface area contributed by atoms with Crippen molar-refractivity contribution >= 4 is 11.2 Å². The lowest BCUT2D eigenvalue weighted by molar-refractivity contribution is -0.0211. The lowest BCUT2D eigenvalue weighted by atomic mass is 10.2. The number of aliphatic hydroxyl groups is 3. The van der Waals surface area contributed by atoms with Crippen molar-refractivity contribution in [3.05, 3.63) is 23.0 Å². The number of H-pyrrole nitrogens is 1. The van der Waals surface area contributed by atoms with Gasteiger partial charge in [0, 0.05) is 0 Å². The van der Waals surface area contributed by atoms with Crippen molar-refractivity contribution in [1.29, 1.82) is 0 Å². The van der Waals surface area contributed by atoms with Gasteiger partial charge in [-0.05, 0) is 0 Å². The summed E-state index contributed by atoms with van der Waals surface area (Å²) in [6, 6.07) is 0. The maximum absolute atomic E-state index is 11.3. The minimum atomic E-state index is -1.24. The number of fused-ring (bicyclic) bond motifs is 1. The van der Waals surface area contributed by atoms with E-state index in [0.29, 0.717) is 5.65 Å². The number of aliphatic hydroxyl groups excluding tert-OH is 3. The molecular formula is C9H12N4O4. The molecule has 0 spiro atoms. The highest BCUT2D eigenvalue weighted by Gasteiger charge is 2.17. The van der Waals surface area contributed by atoms with Crippen LogP contribution in [0.5, 0.6) is 0 Å². The van der Waals surface area contributed by atoms with Crippen molar-refractivity contribution < 1.29 is 15.3 Å². The maximum Gasteiger partial charge on any atom is 0.278 e. The van der Waals surface area contributed by atoms with Crippen molar-refractivity contribution in [2.45, 2.75) is 18.8 Å². The number of hydrogen-bond acceptors (Lipinski definition) is 6. The molecule has 2 aromatic rings. The molecule has 2 rings (SSSR count). The number of rotatable bonds is 4. The molecule has 0 aliphatic heterocycles. The van der Waals surface area contributed by atoms with Gasteiger partial charge in [0.05, 0.1) is 25.8 Å². The number of imidazole rings is 1. The van der Waals surface area contributed by atoms with Crippen LogP contribution in [0.25, 0.3) is 11.2 Å². The fraction of sp³-hybridized carbons (Fsp3) is 0.444. The van der Waals surface area contributed by atoms with Gasteiger partial charge in [-0.2, -0.15) is 0 Å². The summed E-state index contributed by atoms with van der Waals surface area (Å²) in [6.07, 6.45) is 0.186. The number of aromatic nitrogens is 4. The van der Waals surface area contributed by atoms with E-state index in [0.717, 1.165) is 0 Å². The lowest BCUT2D eigenvalue weighted by Crippen LogP contribution is -2.33. The number of aromatic amines is 1. The first-order valence-corrected chi connectivity index (χ1v) is 4.99. The molecule has 0 saturated heterocycles. The Morgan fingerprint density at radius 3 is 2.82 bits per heavy atom. The van der Waals surface area contributed by atoms with Gasteiger partial charge in [0.15, 0.2) is 11.2 Å². The summed E-state index contributed by atoms with van der Waals surface area (Å²) >= 11 is 0. The number of nitrogens with one attached hydrogen (secondary N) is 1. The second-order valence-corrected chi connectivity index (χ2v) is 3.62. The van der Waals surface area contributed by atoms with E-state index in [4.69, 9.17) is 5.11 Å². The Hall–Kier alpha value is -1.77. The van der Waals surface area contributed by atoms with E-state index in [2.05, 4.69) is 15.0 Å². The van der Waals surface area contributed by atoms with Gasteiger partial charge < -0.3 is 24.9 Å². The third-order valence-corrected chi connectivity index (χ3v) is 2.42. The zero-order valence-corrected chi connectivity index (χ0v) is 8.82. The first kappa shape index (κ1) is 11.7. The Morgan fingerprint density at radius 2 is 2.12 bits per heavy atom. The van der Waals surface area contributed by atoms with E-state index < -0.39 is 18.8 Å². The van der Waals surface area contributed by atoms with Crippen molar-refractivity contribution in [2.75, 3.05) is 6.61 Å². The first-order valence-electron chi connectivity index (χ1n) is 4.99. The summed E-state index contributed by atoms with van der Waals surface area (Å²) in [5.74, 6) is 0. The van der Waals surface area contributed by atoms with E-state index in [9.17, 15) is 15.0 Å². The van der Waals surface area contributed by atoms with Gasteiger partial charge in [-0.1, -0.05) is 0 Å². The van der Waals surface area contributed by atoms with Gasteiger partial charge in [0.25, 0.3) is 5.56 Å². The largest absolute Gasteiger partial charge is 0.394 e. The van der Waals surface area contributed by atoms with Crippen molar-refractivity contribution in [3.63, 3.8) is 0 Å². The number of hydrogen-bond donors (Lipinski definition) is 4. The summed E-state index contributed by atoms with van der Waals surface area (Å²) in [4.78, 5) is 21.5. The minimum Gasteiger partial charge on any atom is -0.394 e. The normalized spacial score (nSPS) is 15.0. The lowest BCUT2D eigenvalue weighted by Gasteiger charge is -2.15. The molecule has 0 aliphatic rings. The van der Waals surface area contributed by atoms with Gasteiger partial charge >= 0.3 is 0 Å². The standard InChI is InChI=1S/C9H12N4O4/c14-2-6(16)5(15)1-13-4-12-7-8(13)10-3-11-9(7)17/h3-6,14-16H,1-2H2,(H,10,11,17)/t5-,6-/m0/s1. The highest BCUT2D eigenvalue weighted by atomic mass is 16.4. The summed E-state index contributed by atoms with van der Waals surface area (Å²) in [5.41, 5.74) is 0.113. The quantitative estimate of drug-likeness (QED) is 0.482. The molecule has 8 heteroatoms. The van der Waals surface area contributed by atoms with Gasteiger partial charge in [-0.15, -0.1) is 0 Å². The van der Waals surface area contributed by atoms with E-state index in [1.165, 1.54) is 17.2 Å². The molecule has 0 unspecified atom stereocenters. The zero-order chi connectivity index (χ0) is 12.4. The van der Waals surface area contributed by atoms with Crippen LogP contribution in [0.3, 0.4) is 0 Å². The monoisotopic (exact) mass is 240 g/mol. The van der Waals surface area contributed by atoms with Gasteiger partial charge in [-0.3, -0.25) is 4.79 Å². The summed E-state index contributed by atoms with van der Waals surface area (Å²) in [6.45, 7) is -0.545. The van der Waals surface area contributed by atoms with Gasteiger partial charge in [-0.25, -0.2) is 9.97 Å². The highest BCUT2D eigenvalue weighted by Crippen LogP contribution is 2.06. The maximum atomic E-state index is 11.3. The smallest absolute Gasteiger partial charge is 0.278 e. The van der Waals surface area contributed by atoms with Gasteiger partial charge in [0.2, 0.25) is 0 Å². The Kier molecular flexibility index (Phi) is 3.18. The van der Waals surface area contributed by atoms with Crippen LogP contribution >= 0.6 is 0 Å². The molecule has 0 radical (unpaired) electrons.